The number of hydrazine groups is 1. The van der Waals surface area contributed by atoms with Crippen LogP contribution in [-0.2, 0) is 6.54 Å². The lowest BCUT2D eigenvalue weighted by Crippen LogP contribution is -2.23. The Bertz CT molecular complexity index is 658. The number of ether oxygens (including phenoxy) is 2. The third-order valence-electron chi connectivity index (χ3n) is 3.06. The normalized spacial score (nSPS) is 12.0. The van der Waals surface area contributed by atoms with Crippen LogP contribution in [0.15, 0.2) is 36.5 Å². The van der Waals surface area contributed by atoms with Crippen molar-refractivity contribution < 1.29 is 14.3 Å². The van der Waals surface area contributed by atoms with Gasteiger partial charge in [0.15, 0.2) is 11.5 Å². The molecule has 0 fully saturated rings. The van der Waals surface area contributed by atoms with Gasteiger partial charge in [-0.2, -0.15) is 0 Å². The van der Waals surface area contributed by atoms with Crippen molar-refractivity contribution in [2.75, 3.05) is 12.2 Å². The van der Waals surface area contributed by atoms with E-state index in [0.29, 0.717) is 23.7 Å². The minimum absolute atomic E-state index is 0.205. The number of hydrogen-bond acceptors (Lipinski definition) is 6. The second-order valence-corrected chi connectivity index (χ2v) is 4.45. The number of anilines is 1. The minimum atomic E-state index is -0.205. The SMILES string of the molecule is NNc1ccc(C(=O)NCc2ccc3c(c2)OCO3)cn1. The van der Waals surface area contributed by atoms with Crippen LogP contribution >= 0.6 is 0 Å². The van der Waals surface area contributed by atoms with Crippen molar-refractivity contribution in [3.63, 3.8) is 0 Å². The molecule has 1 amide bonds. The summed E-state index contributed by atoms with van der Waals surface area (Å²) in [6, 6.07) is 8.84. The number of aromatic nitrogens is 1. The van der Waals surface area contributed by atoms with Gasteiger partial charge in [0.1, 0.15) is 5.82 Å². The molecule has 7 nitrogen and oxygen atoms in total. The van der Waals surface area contributed by atoms with Crippen LogP contribution < -0.4 is 26.1 Å². The molecule has 1 aromatic heterocycles. The Kier molecular flexibility index (Phi) is 3.57. The molecular formula is C14H14N4O3. The molecule has 1 aliphatic rings. The van der Waals surface area contributed by atoms with Crippen molar-refractivity contribution in [1.82, 2.24) is 10.3 Å². The number of pyridine rings is 1. The quantitative estimate of drug-likeness (QED) is 0.573. The number of hydrogen-bond donors (Lipinski definition) is 3. The molecule has 21 heavy (non-hydrogen) atoms. The predicted octanol–water partition coefficient (Wildman–Crippen LogP) is 1.03. The zero-order valence-electron chi connectivity index (χ0n) is 11.1. The summed E-state index contributed by atoms with van der Waals surface area (Å²) >= 11 is 0. The number of fused-ring (bicyclic) bond motifs is 1. The summed E-state index contributed by atoms with van der Waals surface area (Å²) in [5, 5.41) is 2.82. The van der Waals surface area contributed by atoms with Crippen LogP contribution in [0.25, 0.3) is 0 Å². The molecule has 1 aromatic carbocycles. The molecule has 108 valence electrons. The van der Waals surface area contributed by atoms with Gasteiger partial charge in [0.2, 0.25) is 6.79 Å². The molecule has 3 rings (SSSR count). The summed E-state index contributed by atoms with van der Waals surface area (Å²) in [6.07, 6.45) is 1.46. The number of nitrogens with two attached hydrogens (primary N) is 1. The van der Waals surface area contributed by atoms with E-state index in [1.807, 2.05) is 18.2 Å². The van der Waals surface area contributed by atoms with E-state index in [-0.39, 0.29) is 12.7 Å². The Hall–Kier alpha value is -2.80. The molecule has 2 aromatic rings. The van der Waals surface area contributed by atoms with Crippen molar-refractivity contribution >= 4 is 11.7 Å². The zero-order valence-corrected chi connectivity index (χ0v) is 11.1. The maximum atomic E-state index is 12.0. The Morgan fingerprint density at radius 2 is 2.10 bits per heavy atom. The number of nitrogens with zero attached hydrogens (tertiary/aromatic N) is 1. The van der Waals surface area contributed by atoms with Gasteiger partial charge < -0.3 is 20.2 Å². The Morgan fingerprint density at radius 1 is 1.24 bits per heavy atom. The van der Waals surface area contributed by atoms with Crippen molar-refractivity contribution in [2.24, 2.45) is 5.84 Å². The largest absolute Gasteiger partial charge is 0.454 e. The molecule has 1 aliphatic heterocycles. The fraction of sp³-hybridized carbons (Fsp3) is 0.143. The van der Waals surface area contributed by atoms with Gasteiger partial charge in [-0.25, -0.2) is 10.8 Å². The van der Waals surface area contributed by atoms with E-state index >= 15 is 0 Å². The Morgan fingerprint density at radius 3 is 2.86 bits per heavy atom. The number of nitrogen functional groups attached to an aromatic ring is 1. The van der Waals surface area contributed by atoms with E-state index in [1.165, 1.54) is 6.20 Å². The first-order valence-corrected chi connectivity index (χ1v) is 6.35. The van der Waals surface area contributed by atoms with Gasteiger partial charge >= 0.3 is 0 Å². The first kappa shape index (κ1) is 13.2. The van der Waals surface area contributed by atoms with Crippen molar-refractivity contribution in [3.05, 3.63) is 47.7 Å². The van der Waals surface area contributed by atoms with Crippen LogP contribution in [0.1, 0.15) is 15.9 Å². The maximum Gasteiger partial charge on any atom is 0.253 e. The molecule has 4 N–H and O–H groups in total. The summed E-state index contributed by atoms with van der Waals surface area (Å²) in [5.41, 5.74) is 3.80. The van der Waals surface area contributed by atoms with Crippen LogP contribution in [0.2, 0.25) is 0 Å². The van der Waals surface area contributed by atoms with Crippen LogP contribution in [0.4, 0.5) is 5.82 Å². The van der Waals surface area contributed by atoms with Crippen LogP contribution in [0.3, 0.4) is 0 Å². The Balaban J connectivity index is 1.62. The molecule has 0 radical (unpaired) electrons. The third-order valence-corrected chi connectivity index (χ3v) is 3.06. The van der Waals surface area contributed by atoms with E-state index in [0.717, 1.165) is 11.3 Å². The van der Waals surface area contributed by atoms with Crippen molar-refractivity contribution in [1.29, 1.82) is 0 Å². The number of benzene rings is 1. The first-order chi connectivity index (χ1) is 10.3. The van der Waals surface area contributed by atoms with Crippen LogP contribution in [-0.4, -0.2) is 17.7 Å². The van der Waals surface area contributed by atoms with Crippen molar-refractivity contribution in [2.45, 2.75) is 6.54 Å². The zero-order chi connectivity index (χ0) is 14.7. The lowest BCUT2D eigenvalue weighted by Gasteiger charge is -2.06. The van der Waals surface area contributed by atoms with E-state index in [9.17, 15) is 4.79 Å². The maximum absolute atomic E-state index is 12.0. The van der Waals surface area contributed by atoms with Crippen LogP contribution in [0.5, 0.6) is 11.5 Å². The number of amides is 1. The van der Waals surface area contributed by atoms with Gasteiger partial charge in [-0.3, -0.25) is 4.79 Å². The summed E-state index contributed by atoms with van der Waals surface area (Å²) in [4.78, 5) is 16.0. The first-order valence-electron chi connectivity index (χ1n) is 6.35. The highest BCUT2D eigenvalue weighted by Gasteiger charge is 2.13. The van der Waals surface area contributed by atoms with E-state index in [4.69, 9.17) is 15.3 Å². The second-order valence-electron chi connectivity index (χ2n) is 4.45. The highest BCUT2D eigenvalue weighted by molar-refractivity contribution is 5.94. The van der Waals surface area contributed by atoms with E-state index < -0.39 is 0 Å². The third kappa shape index (κ3) is 2.87. The fourth-order valence-electron chi connectivity index (χ4n) is 1.95. The molecule has 0 saturated carbocycles. The summed E-state index contributed by atoms with van der Waals surface area (Å²) < 4.78 is 10.5. The lowest BCUT2D eigenvalue weighted by atomic mass is 10.2. The van der Waals surface area contributed by atoms with E-state index in [2.05, 4.69) is 15.7 Å². The van der Waals surface area contributed by atoms with Gasteiger partial charge in [0.25, 0.3) is 5.91 Å². The molecule has 0 atom stereocenters. The molecular weight excluding hydrogens is 272 g/mol. The smallest absolute Gasteiger partial charge is 0.253 e. The average molecular weight is 286 g/mol. The van der Waals surface area contributed by atoms with Gasteiger partial charge in [-0.05, 0) is 29.8 Å². The summed E-state index contributed by atoms with van der Waals surface area (Å²) in [6.45, 7) is 0.630. The highest BCUT2D eigenvalue weighted by Crippen LogP contribution is 2.32. The van der Waals surface area contributed by atoms with Crippen molar-refractivity contribution in [3.8, 4) is 11.5 Å². The molecule has 0 saturated heterocycles. The molecule has 0 bridgehead atoms. The lowest BCUT2D eigenvalue weighted by molar-refractivity contribution is 0.0950. The van der Waals surface area contributed by atoms with E-state index in [1.54, 1.807) is 12.1 Å². The number of nitrogens with one attached hydrogen (secondary N) is 2. The second kappa shape index (κ2) is 5.68. The molecule has 0 unspecified atom stereocenters. The molecule has 0 aliphatic carbocycles. The molecule has 2 heterocycles. The molecule has 0 spiro atoms. The standard InChI is InChI=1S/C14H14N4O3/c15-18-13-4-2-10(7-16-13)14(19)17-6-9-1-3-11-12(5-9)21-8-20-11/h1-5,7H,6,8,15H2,(H,16,18)(H,17,19). The van der Waals surface area contributed by atoms with Crippen LogP contribution in [0, 0.1) is 0 Å². The van der Waals surface area contributed by atoms with Gasteiger partial charge in [0.05, 0.1) is 5.56 Å². The number of rotatable bonds is 4. The van der Waals surface area contributed by atoms with Gasteiger partial charge in [-0.1, -0.05) is 6.07 Å². The topological polar surface area (TPSA) is 98.5 Å². The summed E-state index contributed by atoms with van der Waals surface area (Å²) in [5.74, 6) is 6.93. The van der Waals surface area contributed by atoms with Gasteiger partial charge in [-0.15, -0.1) is 0 Å². The fourth-order valence-corrected chi connectivity index (χ4v) is 1.95. The predicted molar refractivity (Wildman–Crippen MR) is 75.8 cm³/mol. The molecule has 7 heteroatoms. The number of carbonyl (C=O) groups excluding carboxylic acids is 1. The number of carbonyl (C=O) groups is 1. The highest BCUT2D eigenvalue weighted by atomic mass is 16.7. The minimum Gasteiger partial charge on any atom is -0.454 e. The monoisotopic (exact) mass is 286 g/mol. The van der Waals surface area contributed by atoms with Gasteiger partial charge in [0, 0.05) is 12.7 Å². The Labute approximate surface area is 121 Å². The average Bonchev–Trinajstić information content (AvgIpc) is 3.00. The summed E-state index contributed by atoms with van der Waals surface area (Å²) in [7, 11) is 0.